The molecule has 106 valence electrons. The highest BCUT2D eigenvalue weighted by molar-refractivity contribution is 4.79. The van der Waals surface area contributed by atoms with Gasteiger partial charge in [0.2, 0.25) is 0 Å². The molecule has 0 aromatic carbocycles. The van der Waals surface area contributed by atoms with Crippen molar-refractivity contribution in [2.45, 2.75) is 83.8 Å². The molecule has 0 aromatic heterocycles. The molecule has 2 aliphatic rings. The largest absolute Gasteiger partial charge is 0.363 e. The zero-order valence-electron chi connectivity index (χ0n) is 12.3. The number of rotatable bonds is 5. The molecule has 2 aliphatic carbocycles. The topological polar surface area (TPSA) is 21.3 Å². The molecule has 0 amide bonds. The lowest BCUT2D eigenvalue weighted by molar-refractivity contribution is -0.0365. The predicted octanol–water partition coefficient (Wildman–Crippen LogP) is 4.10. The smallest absolute Gasteiger partial charge is 0.0971 e. The van der Waals surface area contributed by atoms with Crippen LogP contribution in [0, 0.1) is 11.8 Å². The number of hydrogen-bond acceptors (Lipinski definition) is 2. The van der Waals surface area contributed by atoms with Crippen molar-refractivity contribution in [2.24, 2.45) is 11.8 Å². The maximum Gasteiger partial charge on any atom is 0.0971 e. The summed E-state index contributed by atoms with van der Waals surface area (Å²) >= 11 is 0. The summed E-state index contributed by atoms with van der Waals surface area (Å²) < 4.78 is 6.15. The van der Waals surface area contributed by atoms with Crippen molar-refractivity contribution in [1.29, 1.82) is 0 Å². The first kappa shape index (κ1) is 14.3. The summed E-state index contributed by atoms with van der Waals surface area (Å²) in [4.78, 5) is 0. The van der Waals surface area contributed by atoms with Crippen molar-refractivity contribution in [3.8, 4) is 0 Å². The van der Waals surface area contributed by atoms with Gasteiger partial charge in [-0.25, -0.2) is 0 Å². The molecule has 0 spiro atoms. The lowest BCUT2D eigenvalue weighted by Gasteiger charge is -2.35. The number of nitrogens with one attached hydrogen (secondary N) is 1. The van der Waals surface area contributed by atoms with Crippen LogP contribution in [0.5, 0.6) is 0 Å². The third-order valence-electron chi connectivity index (χ3n) is 4.99. The molecular formula is C16H31NO. The molecule has 3 atom stereocenters. The van der Waals surface area contributed by atoms with Crippen LogP contribution in [0.4, 0.5) is 0 Å². The highest BCUT2D eigenvalue weighted by Crippen LogP contribution is 2.32. The van der Waals surface area contributed by atoms with E-state index < -0.39 is 0 Å². The first-order valence-corrected chi connectivity index (χ1v) is 8.14. The monoisotopic (exact) mass is 253 g/mol. The van der Waals surface area contributed by atoms with Crippen LogP contribution in [0.3, 0.4) is 0 Å². The third kappa shape index (κ3) is 4.24. The second kappa shape index (κ2) is 7.49. The molecule has 18 heavy (non-hydrogen) atoms. The fourth-order valence-electron chi connectivity index (χ4n) is 3.64. The molecule has 0 aromatic rings. The van der Waals surface area contributed by atoms with Gasteiger partial charge in [0.05, 0.1) is 12.8 Å². The van der Waals surface area contributed by atoms with Gasteiger partial charge in [0.1, 0.15) is 0 Å². The van der Waals surface area contributed by atoms with Crippen molar-refractivity contribution in [3.63, 3.8) is 0 Å². The van der Waals surface area contributed by atoms with Crippen molar-refractivity contribution in [3.05, 3.63) is 0 Å². The van der Waals surface area contributed by atoms with Gasteiger partial charge in [0.25, 0.3) is 0 Å². The summed E-state index contributed by atoms with van der Waals surface area (Å²) in [6.45, 7) is 5.46. The van der Waals surface area contributed by atoms with Crippen molar-refractivity contribution in [2.75, 3.05) is 6.73 Å². The third-order valence-corrected chi connectivity index (χ3v) is 4.99. The molecule has 2 fully saturated rings. The minimum Gasteiger partial charge on any atom is -0.363 e. The van der Waals surface area contributed by atoms with E-state index in [1.165, 1.54) is 57.8 Å². The first-order chi connectivity index (χ1) is 8.79. The van der Waals surface area contributed by atoms with Crippen LogP contribution < -0.4 is 5.32 Å². The molecule has 0 heterocycles. The zero-order chi connectivity index (χ0) is 12.8. The van der Waals surface area contributed by atoms with E-state index in [4.69, 9.17) is 4.74 Å². The summed E-state index contributed by atoms with van der Waals surface area (Å²) in [7, 11) is 0. The van der Waals surface area contributed by atoms with Crippen LogP contribution in [-0.4, -0.2) is 18.9 Å². The minimum atomic E-state index is 0.509. The van der Waals surface area contributed by atoms with Crippen molar-refractivity contribution >= 4 is 0 Å². The van der Waals surface area contributed by atoms with E-state index >= 15 is 0 Å². The average molecular weight is 253 g/mol. The normalized spacial score (nSPS) is 34.7. The quantitative estimate of drug-likeness (QED) is 0.745. The van der Waals surface area contributed by atoms with Gasteiger partial charge in [-0.3, -0.25) is 5.32 Å². The van der Waals surface area contributed by atoms with Gasteiger partial charge in [-0.2, -0.15) is 0 Å². The van der Waals surface area contributed by atoms with Gasteiger partial charge in [0, 0.05) is 6.04 Å². The molecular weight excluding hydrogens is 222 g/mol. The molecule has 2 heteroatoms. The van der Waals surface area contributed by atoms with Gasteiger partial charge in [-0.15, -0.1) is 0 Å². The molecule has 0 aliphatic heterocycles. The average Bonchev–Trinajstić information content (AvgIpc) is 2.40. The second-order valence-electron chi connectivity index (χ2n) is 6.48. The van der Waals surface area contributed by atoms with E-state index in [9.17, 15) is 0 Å². The molecule has 0 saturated heterocycles. The Kier molecular flexibility index (Phi) is 5.97. The Hall–Kier alpha value is -0.0800. The Balaban J connectivity index is 1.67. The fraction of sp³-hybridized carbons (Fsp3) is 1.00. The van der Waals surface area contributed by atoms with E-state index in [2.05, 4.69) is 19.2 Å². The lowest BCUT2D eigenvalue weighted by atomic mass is 9.79. The fourth-order valence-corrected chi connectivity index (χ4v) is 3.64. The Bertz CT molecular complexity index is 225. The standard InChI is InChI=1S/C16H31NO/c1-3-14-10-9-13(2)11-16(14)18-12-17-15-7-5-4-6-8-15/h13-17H,3-12H2,1-2H3. The van der Waals surface area contributed by atoms with Crippen LogP contribution in [-0.2, 0) is 4.74 Å². The van der Waals surface area contributed by atoms with E-state index in [1.807, 2.05) is 0 Å². The molecule has 0 radical (unpaired) electrons. The zero-order valence-corrected chi connectivity index (χ0v) is 12.3. The summed E-state index contributed by atoms with van der Waals surface area (Å²) in [6.07, 6.45) is 12.7. The SMILES string of the molecule is CCC1CCC(C)CC1OCNC1CCCCC1. The molecule has 2 rings (SSSR count). The second-order valence-corrected chi connectivity index (χ2v) is 6.48. The summed E-state index contributed by atoms with van der Waals surface area (Å²) in [6, 6.07) is 0.722. The number of ether oxygens (including phenoxy) is 1. The van der Waals surface area contributed by atoms with Crippen LogP contribution in [0.25, 0.3) is 0 Å². The minimum absolute atomic E-state index is 0.509. The van der Waals surface area contributed by atoms with E-state index in [-0.39, 0.29) is 0 Å². The molecule has 3 unspecified atom stereocenters. The maximum atomic E-state index is 6.15. The van der Waals surface area contributed by atoms with Crippen LogP contribution >= 0.6 is 0 Å². The van der Waals surface area contributed by atoms with E-state index in [0.717, 1.165) is 24.6 Å². The summed E-state index contributed by atoms with van der Waals surface area (Å²) in [5.74, 6) is 1.65. The predicted molar refractivity (Wildman–Crippen MR) is 76.5 cm³/mol. The van der Waals surface area contributed by atoms with Gasteiger partial charge >= 0.3 is 0 Å². The molecule has 0 bridgehead atoms. The summed E-state index contributed by atoms with van der Waals surface area (Å²) in [5, 5.41) is 3.61. The van der Waals surface area contributed by atoms with Crippen LogP contribution in [0.1, 0.15) is 71.6 Å². The van der Waals surface area contributed by atoms with Gasteiger partial charge in [0.15, 0.2) is 0 Å². The summed E-state index contributed by atoms with van der Waals surface area (Å²) in [5.41, 5.74) is 0. The Morgan fingerprint density at radius 2 is 1.83 bits per heavy atom. The van der Waals surface area contributed by atoms with Gasteiger partial charge in [-0.05, 0) is 37.5 Å². The molecule has 2 nitrogen and oxygen atoms in total. The van der Waals surface area contributed by atoms with Gasteiger partial charge < -0.3 is 4.74 Å². The van der Waals surface area contributed by atoms with E-state index in [1.54, 1.807) is 0 Å². The lowest BCUT2D eigenvalue weighted by Crippen LogP contribution is -2.38. The van der Waals surface area contributed by atoms with Crippen LogP contribution in [0.15, 0.2) is 0 Å². The van der Waals surface area contributed by atoms with Crippen molar-refractivity contribution in [1.82, 2.24) is 5.32 Å². The van der Waals surface area contributed by atoms with Crippen molar-refractivity contribution < 1.29 is 4.74 Å². The molecule has 2 saturated carbocycles. The van der Waals surface area contributed by atoms with Crippen LogP contribution in [0.2, 0.25) is 0 Å². The van der Waals surface area contributed by atoms with E-state index in [0.29, 0.717) is 6.10 Å². The first-order valence-electron chi connectivity index (χ1n) is 8.14. The van der Waals surface area contributed by atoms with Gasteiger partial charge in [-0.1, -0.05) is 46.0 Å². The highest BCUT2D eigenvalue weighted by atomic mass is 16.5. The Morgan fingerprint density at radius 3 is 2.56 bits per heavy atom. The molecule has 1 N–H and O–H groups in total. The Morgan fingerprint density at radius 1 is 1.06 bits per heavy atom. The number of hydrogen-bond donors (Lipinski definition) is 1. The maximum absolute atomic E-state index is 6.15. The Labute approximate surface area is 113 Å². The highest BCUT2D eigenvalue weighted by Gasteiger charge is 2.28.